The molecule has 0 unspecified atom stereocenters. The normalized spacial score (nSPS) is 10.7. The van der Waals surface area contributed by atoms with Crippen molar-refractivity contribution in [2.75, 3.05) is 11.1 Å². The van der Waals surface area contributed by atoms with Crippen LogP contribution in [0.1, 0.15) is 5.56 Å². The maximum Gasteiger partial charge on any atom is 0.293 e. The fraction of sp³-hybridized carbons (Fsp3) is 0.0952. The Balaban J connectivity index is 1.56. The second kappa shape index (κ2) is 8.84. The van der Waals surface area contributed by atoms with E-state index >= 15 is 0 Å². The molecule has 0 bridgehead atoms. The van der Waals surface area contributed by atoms with Crippen molar-refractivity contribution in [2.24, 2.45) is 0 Å². The van der Waals surface area contributed by atoms with Gasteiger partial charge in [0, 0.05) is 11.8 Å². The average Bonchev–Trinajstić information content (AvgIpc) is 3.43. The van der Waals surface area contributed by atoms with Crippen LogP contribution >= 0.6 is 11.8 Å². The van der Waals surface area contributed by atoms with E-state index in [0.717, 1.165) is 11.3 Å². The number of thioether (sulfide) groups is 1. The summed E-state index contributed by atoms with van der Waals surface area (Å²) >= 11 is 1.17. The molecule has 2 aromatic heterocycles. The summed E-state index contributed by atoms with van der Waals surface area (Å²) in [5.74, 6) is 0.657. The quantitative estimate of drug-likeness (QED) is 0.258. The second-order valence-electron chi connectivity index (χ2n) is 6.57. The van der Waals surface area contributed by atoms with Crippen molar-refractivity contribution in [1.29, 1.82) is 0 Å². The first kappa shape index (κ1) is 20.4. The molecule has 0 atom stereocenters. The number of nitrogens with zero attached hydrogens (tertiary/aromatic N) is 4. The minimum Gasteiger partial charge on any atom is -0.461 e. The van der Waals surface area contributed by atoms with E-state index in [1.54, 1.807) is 36.0 Å². The number of carbonyl (C=O) groups excluding carboxylic acids is 1. The molecule has 0 spiro atoms. The van der Waals surface area contributed by atoms with E-state index in [2.05, 4.69) is 15.5 Å². The van der Waals surface area contributed by atoms with Crippen LogP contribution in [-0.4, -0.2) is 31.3 Å². The lowest BCUT2D eigenvalue weighted by Gasteiger charge is -2.09. The fourth-order valence-electron chi connectivity index (χ4n) is 2.95. The van der Waals surface area contributed by atoms with E-state index < -0.39 is 4.92 Å². The van der Waals surface area contributed by atoms with E-state index in [9.17, 15) is 14.9 Å². The molecule has 0 aliphatic heterocycles. The number of furan rings is 1. The number of benzene rings is 2. The molecule has 0 saturated heterocycles. The summed E-state index contributed by atoms with van der Waals surface area (Å²) in [4.78, 5) is 23.3. The molecule has 10 heteroatoms. The van der Waals surface area contributed by atoms with Crippen molar-refractivity contribution >= 4 is 29.0 Å². The Labute approximate surface area is 181 Å². The van der Waals surface area contributed by atoms with Gasteiger partial charge in [0.05, 0.1) is 16.9 Å². The summed E-state index contributed by atoms with van der Waals surface area (Å²) in [5, 5.41) is 22.8. The van der Waals surface area contributed by atoms with Crippen LogP contribution in [-0.2, 0) is 4.79 Å². The van der Waals surface area contributed by atoms with Gasteiger partial charge in [-0.1, -0.05) is 36.0 Å². The van der Waals surface area contributed by atoms with Gasteiger partial charge in [-0.2, -0.15) is 0 Å². The van der Waals surface area contributed by atoms with Crippen LogP contribution in [0.5, 0.6) is 0 Å². The SMILES string of the molecule is Cc1ccc(NC(=O)CSc2nnc(-c3ccco3)n2-c2ccccc2)c([N+](=O)[O-])c1. The Morgan fingerprint density at radius 2 is 1.97 bits per heavy atom. The van der Waals surface area contributed by atoms with E-state index in [4.69, 9.17) is 4.42 Å². The zero-order valence-electron chi connectivity index (χ0n) is 16.4. The molecule has 0 saturated carbocycles. The standard InChI is InChI=1S/C21H17N5O4S/c1-14-9-10-16(17(12-14)26(28)29)22-19(27)13-31-21-24-23-20(18-8-5-11-30-18)25(21)15-6-3-2-4-7-15/h2-12H,13H2,1H3,(H,22,27). The Morgan fingerprint density at radius 3 is 2.68 bits per heavy atom. The Kier molecular flexibility index (Phi) is 5.80. The van der Waals surface area contributed by atoms with Crippen molar-refractivity contribution in [3.05, 3.63) is 82.6 Å². The van der Waals surface area contributed by atoms with Gasteiger partial charge in [0.25, 0.3) is 5.69 Å². The minimum atomic E-state index is -0.516. The van der Waals surface area contributed by atoms with Gasteiger partial charge in [-0.15, -0.1) is 10.2 Å². The van der Waals surface area contributed by atoms with Crippen molar-refractivity contribution in [3.63, 3.8) is 0 Å². The Hall–Kier alpha value is -3.92. The predicted molar refractivity (Wildman–Crippen MR) is 116 cm³/mol. The number of nitro groups is 1. The van der Waals surface area contributed by atoms with Gasteiger partial charge in [-0.25, -0.2) is 0 Å². The molecule has 4 rings (SSSR count). The largest absolute Gasteiger partial charge is 0.461 e. The van der Waals surface area contributed by atoms with Crippen LogP contribution in [0.2, 0.25) is 0 Å². The minimum absolute atomic E-state index is 0.00580. The molecule has 0 fully saturated rings. The third-order valence-corrected chi connectivity index (χ3v) is 5.27. The smallest absolute Gasteiger partial charge is 0.293 e. The maximum absolute atomic E-state index is 12.5. The lowest BCUT2D eigenvalue weighted by molar-refractivity contribution is -0.384. The number of carbonyl (C=O) groups is 1. The molecule has 2 heterocycles. The van der Waals surface area contributed by atoms with Gasteiger partial charge in [0.2, 0.25) is 11.7 Å². The molecule has 2 aromatic carbocycles. The van der Waals surface area contributed by atoms with Gasteiger partial charge in [-0.3, -0.25) is 19.5 Å². The van der Waals surface area contributed by atoms with Crippen LogP contribution in [0.25, 0.3) is 17.3 Å². The highest BCUT2D eigenvalue weighted by Gasteiger charge is 2.20. The summed E-state index contributed by atoms with van der Waals surface area (Å²) in [7, 11) is 0. The summed E-state index contributed by atoms with van der Waals surface area (Å²) < 4.78 is 7.27. The number of hydrogen-bond acceptors (Lipinski definition) is 7. The highest BCUT2D eigenvalue weighted by Crippen LogP contribution is 2.29. The third kappa shape index (κ3) is 4.48. The zero-order valence-corrected chi connectivity index (χ0v) is 17.2. The monoisotopic (exact) mass is 435 g/mol. The predicted octanol–water partition coefficient (Wildman–Crippen LogP) is 4.47. The van der Waals surface area contributed by atoms with Crippen LogP contribution in [0.15, 0.2) is 76.5 Å². The molecule has 0 aliphatic rings. The topological polar surface area (TPSA) is 116 Å². The van der Waals surface area contributed by atoms with E-state index in [-0.39, 0.29) is 23.0 Å². The van der Waals surface area contributed by atoms with Crippen molar-refractivity contribution in [1.82, 2.24) is 14.8 Å². The van der Waals surface area contributed by atoms with Crippen LogP contribution < -0.4 is 5.32 Å². The van der Waals surface area contributed by atoms with Crippen LogP contribution in [0.4, 0.5) is 11.4 Å². The first-order valence-corrected chi connectivity index (χ1v) is 10.2. The molecular formula is C21H17N5O4S. The number of amides is 1. The molecule has 0 radical (unpaired) electrons. The summed E-state index contributed by atoms with van der Waals surface area (Å²) in [6.45, 7) is 1.75. The third-order valence-electron chi connectivity index (χ3n) is 4.35. The number of nitrogens with one attached hydrogen (secondary N) is 1. The van der Waals surface area contributed by atoms with Gasteiger partial charge in [0.15, 0.2) is 10.9 Å². The zero-order chi connectivity index (χ0) is 21.8. The van der Waals surface area contributed by atoms with E-state index in [1.165, 1.54) is 23.9 Å². The van der Waals surface area contributed by atoms with Gasteiger partial charge in [0.1, 0.15) is 5.69 Å². The highest BCUT2D eigenvalue weighted by atomic mass is 32.2. The molecule has 1 amide bonds. The molecule has 0 aliphatic carbocycles. The lowest BCUT2D eigenvalue weighted by atomic mass is 10.2. The lowest BCUT2D eigenvalue weighted by Crippen LogP contribution is -2.15. The number of hydrogen-bond donors (Lipinski definition) is 1. The maximum atomic E-state index is 12.5. The van der Waals surface area contributed by atoms with E-state index in [1.807, 2.05) is 30.3 Å². The summed E-state index contributed by atoms with van der Waals surface area (Å²) in [6.07, 6.45) is 1.55. The Morgan fingerprint density at radius 1 is 1.16 bits per heavy atom. The highest BCUT2D eigenvalue weighted by molar-refractivity contribution is 7.99. The molecule has 9 nitrogen and oxygen atoms in total. The summed E-state index contributed by atoms with van der Waals surface area (Å²) in [5.41, 5.74) is 1.56. The number of aromatic nitrogens is 3. The van der Waals surface area contributed by atoms with Gasteiger partial charge >= 0.3 is 0 Å². The number of nitro benzene ring substituents is 1. The second-order valence-corrected chi connectivity index (χ2v) is 7.51. The van der Waals surface area contributed by atoms with E-state index in [0.29, 0.717) is 16.7 Å². The number of rotatable bonds is 7. The van der Waals surface area contributed by atoms with Gasteiger partial charge < -0.3 is 9.73 Å². The van der Waals surface area contributed by atoms with Crippen molar-refractivity contribution in [2.45, 2.75) is 12.1 Å². The first-order chi connectivity index (χ1) is 15.0. The van der Waals surface area contributed by atoms with Crippen molar-refractivity contribution in [3.8, 4) is 17.3 Å². The average molecular weight is 435 g/mol. The molecular weight excluding hydrogens is 418 g/mol. The van der Waals surface area contributed by atoms with Crippen LogP contribution in [0, 0.1) is 17.0 Å². The number of anilines is 1. The van der Waals surface area contributed by atoms with Crippen molar-refractivity contribution < 1.29 is 14.1 Å². The molecule has 156 valence electrons. The molecule has 4 aromatic rings. The Bertz CT molecular complexity index is 1220. The molecule has 31 heavy (non-hydrogen) atoms. The fourth-order valence-corrected chi connectivity index (χ4v) is 3.71. The van der Waals surface area contributed by atoms with Gasteiger partial charge in [-0.05, 0) is 42.8 Å². The number of aryl methyl sites for hydroxylation is 1. The van der Waals surface area contributed by atoms with Crippen LogP contribution in [0.3, 0.4) is 0 Å². The number of para-hydroxylation sites is 1. The molecule has 1 N–H and O–H groups in total. The summed E-state index contributed by atoms with van der Waals surface area (Å²) in [6, 6.07) is 17.7. The first-order valence-electron chi connectivity index (χ1n) is 9.25.